The lowest BCUT2D eigenvalue weighted by Gasteiger charge is -2.35. The van der Waals surface area contributed by atoms with E-state index in [0.717, 1.165) is 6.54 Å². The highest BCUT2D eigenvalue weighted by molar-refractivity contribution is 5.76. The van der Waals surface area contributed by atoms with Crippen molar-refractivity contribution in [1.29, 1.82) is 0 Å². The number of nitrogens with zero attached hydrogens (tertiary/aromatic N) is 2. The van der Waals surface area contributed by atoms with Crippen molar-refractivity contribution in [3.63, 3.8) is 0 Å². The summed E-state index contributed by atoms with van der Waals surface area (Å²) in [7, 11) is 0. The molecule has 5 heteroatoms. The maximum absolute atomic E-state index is 12.6. The molecule has 0 aliphatic heterocycles. The van der Waals surface area contributed by atoms with Crippen molar-refractivity contribution in [2.24, 2.45) is 5.92 Å². The van der Waals surface area contributed by atoms with Crippen LogP contribution in [-0.2, 0) is 4.79 Å². The molecule has 0 saturated heterocycles. The fourth-order valence-corrected chi connectivity index (χ4v) is 2.04. The molecular formula is C14H26N2O3. The molecule has 1 saturated carbocycles. The first-order valence-electron chi connectivity index (χ1n) is 7.12. The molecule has 0 radical (unpaired) electrons. The van der Waals surface area contributed by atoms with Gasteiger partial charge in [0.2, 0.25) is 0 Å². The maximum Gasteiger partial charge on any atom is 0.320 e. The average Bonchev–Trinajstić information content (AvgIpc) is 3.08. The van der Waals surface area contributed by atoms with Crippen LogP contribution < -0.4 is 0 Å². The highest BCUT2D eigenvalue weighted by Gasteiger charge is 2.31. The summed E-state index contributed by atoms with van der Waals surface area (Å²) in [6.07, 6.45) is 2.40. The Morgan fingerprint density at radius 2 is 1.63 bits per heavy atom. The van der Waals surface area contributed by atoms with Crippen LogP contribution in [0.3, 0.4) is 0 Å². The third-order valence-electron chi connectivity index (χ3n) is 3.46. The van der Waals surface area contributed by atoms with Crippen LogP contribution in [0, 0.1) is 5.92 Å². The fourth-order valence-electron chi connectivity index (χ4n) is 2.04. The van der Waals surface area contributed by atoms with Crippen LogP contribution in [0.2, 0.25) is 0 Å². The van der Waals surface area contributed by atoms with E-state index in [1.807, 2.05) is 32.6 Å². The van der Waals surface area contributed by atoms with Crippen molar-refractivity contribution in [2.45, 2.75) is 59.0 Å². The Balaban J connectivity index is 2.67. The number of hydrogen-bond donors (Lipinski definition) is 1. The lowest BCUT2D eigenvalue weighted by molar-refractivity contribution is -0.137. The Hall–Kier alpha value is -1.26. The molecule has 0 atom stereocenters. The molecule has 0 aromatic rings. The van der Waals surface area contributed by atoms with Crippen LogP contribution in [0.1, 0.15) is 47.0 Å². The van der Waals surface area contributed by atoms with Crippen molar-refractivity contribution >= 4 is 12.0 Å². The number of carboxylic acids is 1. The number of hydrogen-bond acceptors (Lipinski definition) is 2. The van der Waals surface area contributed by atoms with Gasteiger partial charge < -0.3 is 14.9 Å². The van der Waals surface area contributed by atoms with E-state index in [-0.39, 0.29) is 31.1 Å². The van der Waals surface area contributed by atoms with E-state index in [1.165, 1.54) is 12.8 Å². The van der Waals surface area contributed by atoms with E-state index in [4.69, 9.17) is 5.11 Å². The minimum absolute atomic E-state index is 0.000711. The van der Waals surface area contributed by atoms with E-state index in [1.54, 1.807) is 4.90 Å². The standard InChI is InChI=1S/C14H26N2O3/c1-10(2)15(8-7-13(17)18)14(19)16(11(3)4)9-12-5-6-12/h10-12H,5-9H2,1-4H3,(H,17,18). The summed E-state index contributed by atoms with van der Waals surface area (Å²) in [5, 5.41) is 8.78. The van der Waals surface area contributed by atoms with Gasteiger partial charge in [0.1, 0.15) is 0 Å². The molecule has 0 aromatic carbocycles. The Kier molecular flexibility index (Phi) is 5.63. The summed E-state index contributed by atoms with van der Waals surface area (Å²) < 4.78 is 0. The van der Waals surface area contributed by atoms with Crippen molar-refractivity contribution in [1.82, 2.24) is 9.80 Å². The van der Waals surface area contributed by atoms with E-state index in [9.17, 15) is 9.59 Å². The molecule has 110 valence electrons. The van der Waals surface area contributed by atoms with Crippen LogP contribution in [-0.4, -0.2) is 52.1 Å². The average molecular weight is 270 g/mol. The van der Waals surface area contributed by atoms with Crippen LogP contribution in [0.4, 0.5) is 4.79 Å². The number of aliphatic carboxylic acids is 1. The van der Waals surface area contributed by atoms with E-state index >= 15 is 0 Å². The number of urea groups is 1. The summed E-state index contributed by atoms with van der Waals surface area (Å²) in [4.78, 5) is 26.8. The lowest BCUT2D eigenvalue weighted by atomic mass is 10.2. The van der Waals surface area contributed by atoms with Crippen LogP contribution in [0.15, 0.2) is 0 Å². The zero-order chi connectivity index (χ0) is 14.6. The minimum Gasteiger partial charge on any atom is -0.481 e. The van der Waals surface area contributed by atoms with Gasteiger partial charge in [0.25, 0.3) is 0 Å². The van der Waals surface area contributed by atoms with Gasteiger partial charge >= 0.3 is 12.0 Å². The first kappa shape index (κ1) is 15.8. The topological polar surface area (TPSA) is 60.9 Å². The van der Waals surface area contributed by atoms with E-state index in [0.29, 0.717) is 5.92 Å². The molecule has 1 aliphatic carbocycles. The third-order valence-corrected chi connectivity index (χ3v) is 3.46. The molecular weight excluding hydrogens is 244 g/mol. The van der Waals surface area contributed by atoms with Gasteiger partial charge in [-0.1, -0.05) is 0 Å². The number of carboxylic acid groups (broad SMARTS) is 1. The van der Waals surface area contributed by atoms with Crippen molar-refractivity contribution in [3.8, 4) is 0 Å². The molecule has 1 N–H and O–H groups in total. The zero-order valence-corrected chi connectivity index (χ0v) is 12.4. The predicted octanol–water partition coefficient (Wildman–Crippen LogP) is 2.41. The van der Waals surface area contributed by atoms with E-state index < -0.39 is 5.97 Å². The summed E-state index contributed by atoms with van der Waals surface area (Å²) in [5.41, 5.74) is 0. The molecule has 5 nitrogen and oxygen atoms in total. The van der Waals surface area contributed by atoms with Crippen LogP contribution >= 0.6 is 0 Å². The fraction of sp³-hybridized carbons (Fsp3) is 0.857. The monoisotopic (exact) mass is 270 g/mol. The molecule has 2 amide bonds. The van der Waals surface area contributed by atoms with Crippen LogP contribution in [0.25, 0.3) is 0 Å². The summed E-state index contributed by atoms with van der Waals surface area (Å²) in [5.74, 6) is -0.225. The molecule has 0 heterocycles. The quantitative estimate of drug-likeness (QED) is 0.772. The zero-order valence-electron chi connectivity index (χ0n) is 12.4. The molecule has 0 aromatic heterocycles. The first-order chi connectivity index (χ1) is 8.82. The third kappa shape index (κ3) is 5.09. The number of rotatable bonds is 7. The Morgan fingerprint density at radius 1 is 1.11 bits per heavy atom. The normalized spacial score (nSPS) is 14.8. The van der Waals surface area contributed by atoms with Gasteiger partial charge in [-0.15, -0.1) is 0 Å². The minimum atomic E-state index is -0.864. The molecule has 0 spiro atoms. The van der Waals surface area contributed by atoms with Crippen molar-refractivity contribution in [2.75, 3.05) is 13.1 Å². The Labute approximate surface area is 115 Å². The number of amides is 2. The Bertz CT molecular complexity index is 325. The van der Waals surface area contributed by atoms with Crippen molar-refractivity contribution < 1.29 is 14.7 Å². The smallest absolute Gasteiger partial charge is 0.320 e. The molecule has 0 unspecified atom stereocenters. The molecule has 1 rings (SSSR count). The highest BCUT2D eigenvalue weighted by atomic mass is 16.4. The van der Waals surface area contributed by atoms with Gasteiger partial charge in [-0.25, -0.2) is 4.79 Å². The number of carbonyl (C=O) groups excluding carboxylic acids is 1. The highest BCUT2D eigenvalue weighted by Crippen LogP contribution is 2.30. The molecule has 19 heavy (non-hydrogen) atoms. The van der Waals surface area contributed by atoms with E-state index in [2.05, 4.69) is 0 Å². The van der Waals surface area contributed by atoms with Gasteiger partial charge in [-0.2, -0.15) is 0 Å². The van der Waals surface area contributed by atoms with Gasteiger partial charge in [0.05, 0.1) is 6.42 Å². The molecule has 1 fully saturated rings. The molecule has 0 bridgehead atoms. The van der Waals surface area contributed by atoms with Gasteiger partial charge in [0.15, 0.2) is 0 Å². The second kappa shape index (κ2) is 6.78. The largest absolute Gasteiger partial charge is 0.481 e. The second-order valence-corrected chi connectivity index (χ2v) is 5.90. The van der Waals surface area contributed by atoms with Gasteiger partial charge in [-0.3, -0.25) is 4.79 Å². The van der Waals surface area contributed by atoms with Crippen molar-refractivity contribution in [3.05, 3.63) is 0 Å². The first-order valence-corrected chi connectivity index (χ1v) is 7.12. The summed E-state index contributed by atoms with van der Waals surface area (Å²) in [6.45, 7) is 8.95. The summed E-state index contributed by atoms with van der Waals surface area (Å²) >= 11 is 0. The van der Waals surface area contributed by atoms with Gasteiger partial charge in [0, 0.05) is 25.2 Å². The second-order valence-electron chi connectivity index (χ2n) is 5.90. The lowest BCUT2D eigenvalue weighted by Crippen LogP contribution is -2.50. The SMILES string of the molecule is CC(C)N(CCC(=O)O)C(=O)N(CC1CC1)C(C)C. The Morgan fingerprint density at radius 3 is 2.00 bits per heavy atom. The van der Waals surface area contributed by atoms with Gasteiger partial charge in [-0.05, 0) is 46.5 Å². The van der Waals surface area contributed by atoms with Crippen LogP contribution in [0.5, 0.6) is 0 Å². The molecule has 1 aliphatic rings. The summed E-state index contributed by atoms with van der Waals surface area (Å²) in [6, 6.07) is 0.143. The maximum atomic E-state index is 12.6. The number of carbonyl (C=O) groups is 2. The predicted molar refractivity (Wildman–Crippen MR) is 74.1 cm³/mol.